The molecule has 0 unspecified atom stereocenters. The molecule has 2 fully saturated rings. The summed E-state index contributed by atoms with van der Waals surface area (Å²) in [7, 11) is 0. The Hall–Kier alpha value is -0.0800. The molecule has 2 nitrogen and oxygen atoms in total. The van der Waals surface area contributed by atoms with Crippen LogP contribution < -0.4 is 0 Å². The summed E-state index contributed by atoms with van der Waals surface area (Å²) in [6.07, 6.45) is 5.50. The molecule has 2 heteroatoms. The minimum atomic E-state index is 0.0248. The first-order valence-electron chi connectivity index (χ1n) is 6.34. The quantitative estimate of drug-likeness (QED) is 0.699. The van der Waals surface area contributed by atoms with Crippen molar-refractivity contribution in [1.82, 2.24) is 0 Å². The molecule has 15 heavy (non-hydrogen) atoms. The highest BCUT2D eigenvalue weighted by Crippen LogP contribution is 2.43. The Bertz CT molecular complexity index is 199. The molecule has 0 N–H and O–H groups in total. The average molecular weight is 212 g/mol. The molecule has 1 saturated carbocycles. The van der Waals surface area contributed by atoms with Gasteiger partial charge in [0.1, 0.15) is 0 Å². The minimum absolute atomic E-state index is 0.0248. The molecule has 1 aliphatic heterocycles. The van der Waals surface area contributed by atoms with E-state index >= 15 is 0 Å². The Labute approximate surface area is 93.3 Å². The fraction of sp³-hybridized carbons (Fsp3) is 1.00. The van der Waals surface area contributed by atoms with Gasteiger partial charge in [-0.3, -0.25) is 0 Å². The van der Waals surface area contributed by atoms with Crippen molar-refractivity contribution in [3.8, 4) is 0 Å². The van der Waals surface area contributed by atoms with Crippen LogP contribution in [0.15, 0.2) is 0 Å². The van der Waals surface area contributed by atoms with Crippen molar-refractivity contribution in [3.05, 3.63) is 0 Å². The first kappa shape index (κ1) is 11.4. The molecule has 0 amide bonds. The average Bonchev–Trinajstić information content (AvgIpc) is 2.71. The molecule has 2 aliphatic rings. The number of hydrogen-bond donors (Lipinski definition) is 0. The van der Waals surface area contributed by atoms with Crippen LogP contribution in [0.5, 0.6) is 0 Å². The summed E-state index contributed by atoms with van der Waals surface area (Å²) >= 11 is 0. The van der Waals surface area contributed by atoms with E-state index in [0.29, 0.717) is 5.92 Å². The Balaban J connectivity index is 1.95. The Morgan fingerprint density at radius 3 is 2.07 bits per heavy atom. The lowest BCUT2D eigenvalue weighted by Gasteiger charge is -2.41. The second-order valence-electron chi connectivity index (χ2n) is 5.91. The van der Waals surface area contributed by atoms with Crippen LogP contribution in [0, 0.1) is 17.3 Å². The second-order valence-corrected chi connectivity index (χ2v) is 5.91. The molecular weight excluding hydrogens is 188 g/mol. The van der Waals surface area contributed by atoms with Gasteiger partial charge in [0.05, 0.1) is 13.2 Å². The maximum absolute atomic E-state index is 5.85. The number of ether oxygens (including phenoxy) is 2. The van der Waals surface area contributed by atoms with Crippen molar-refractivity contribution in [1.29, 1.82) is 0 Å². The van der Waals surface area contributed by atoms with Crippen molar-refractivity contribution in [2.75, 3.05) is 13.2 Å². The molecule has 0 bridgehead atoms. The van der Waals surface area contributed by atoms with Crippen LogP contribution in [-0.2, 0) is 9.47 Å². The molecule has 88 valence electrons. The first-order chi connectivity index (χ1) is 7.10. The van der Waals surface area contributed by atoms with E-state index in [0.717, 1.165) is 19.1 Å². The highest BCUT2D eigenvalue weighted by Gasteiger charge is 2.41. The lowest BCUT2D eigenvalue weighted by Crippen LogP contribution is -2.44. The maximum atomic E-state index is 5.85. The molecule has 1 aliphatic carbocycles. The molecule has 0 atom stereocenters. The fourth-order valence-electron chi connectivity index (χ4n) is 2.89. The highest BCUT2D eigenvalue weighted by atomic mass is 16.7. The molecule has 0 aromatic rings. The number of rotatable bonds is 2. The van der Waals surface area contributed by atoms with Crippen LogP contribution in [0.3, 0.4) is 0 Å². The van der Waals surface area contributed by atoms with Gasteiger partial charge in [0.2, 0.25) is 0 Å². The third-order valence-corrected chi connectivity index (χ3v) is 4.08. The zero-order valence-corrected chi connectivity index (χ0v) is 10.3. The van der Waals surface area contributed by atoms with Gasteiger partial charge in [0.15, 0.2) is 6.29 Å². The van der Waals surface area contributed by atoms with Crippen LogP contribution >= 0.6 is 0 Å². The van der Waals surface area contributed by atoms with Gasteiger partial charge >= 0.3 is 0 Å². The van der Waals surface area contributed by atoms with Gasteiger partial charge in [-0.25, -0.2) is 0 Å². The Morgan fingerprint density at radius 2 is 1.53 bits per heavy atom. The van der Waals surface area contributed by atoms with Gasteiger partial charge in [-0.05, 0) is 18.8 Å². The van der Waals surface area contributed by atoms with Gasteiger partial charge in [0.25, 0.3) is 0 Å². The Kier molecular flexibility index (Phi) is 3.36. The smallest absolute Gasteiger partial charge is 0.162 e. The van der Waals surface area contributed by atoms with Crippen molar-refractivity contribution in [2.24, 2.45) is 17.3 Å². The van der Waals surface area contributed by atoms with Gasteiger partial charge in [-0.2, -0.15) is 0 Å². The summed E-state index contributed by atoms with van der Waals surface area (Å²) < 4.78 is 11.7. The molecule has 0 radical (unpaired) electrons. The molecule has 1 saturated heterocycles. The topological polar surface area (TPSA) is 18.5 Å². The third-order valence-electron chi connectivity index (χ3n) is 4.08. The zero-order valence-electron chi connectivity index (χ0n) is 10.3. The van der Waals surface area contributed by atoms with Gasteiger partial charge in [0, 0.05) is 11.3 Å². The van der Waals surface area contributed by atoms with Crippen LogP contribution in [0.2, 0.25) is 0 Å². The molecule has 0 spiro atoms. The predicted molar refractivity (Wildman–Crippen MR) is 60.6 cm³/mol. The molecule has 1 heterocycles. The summed E-state index contributed by atoms with van der Waals surface area (Å²) in [4.78, 5) is 0. The third kappa shape index (κ3) is 2.36. The zero-order chi connectivity index (χ0) is 10.9. The largest absolute Gasteiger partial charge is 0.352 e. The molecule has 0 aromatic heterocycles. The minimum Gasteiger partial charge on any atom is -0.352 e. The van der Waals surface area contributed by atoms with E-state index in [9.17, 15) is 0 Å². The normalized spacial score (nSPS) is 34.6. The van der Waals surface area contributed by atoms with Crippen LogP contribution in [0.1, 0.15) is 46.5 Å². The van der Waals surface area contributed by atoms with Crippen molar-refractivity contribution in [3.63, 3.8) is 0 Å². The van der Waals surface area contributed by atoms with Crippen LogP contribution in [-0.4, -0.2) is 19.5 Å². The van der Waals surface area contributed by atoms with E-state index in [1.165, 1.54) is 25.7 Å². The highest BCUT2D eigenvalue weighted by molar-refractivity contribution is 4.86. The summed E-state index contributed by atoms with van der Waals surface area (Å²) in [5, 5.41) is 0. The Morgan fingerprint density at radius 1 is 1.00 bits per heavy atom. The molecular formula is C13H24O2. The van der Waals surface area contributed by atoms with E-state index in [1.807, 2.05) is 0 Å². The lowest BCUT2D eigenvalue weighted by atomic mass is 9.77. The predicted octanol–water partition coefficient (Wildman–Crippen LogP) is 3.21. The van der Waals surface area contributed by atoms with Crippen LogP contribution in [0.25, 0.3) is 0 Å². The summed E-state index contributed by atoms with van der Waals surface area (Å²) in [6, 6.07) is 0. The number of hydrogen-bond acceptors (Lipinski definition) is 2. The van der Waals surface area contributed by atoms with E-state index in [1.54, 1.807) is 0 Å². The molecule has 2 rings (SSSR count). The van der Waals surface area contributed by atoms with Gasteiger partial charge < -0.3 is 9.47 Å². The van der Waals surface area contributed by atoms with Crippen molar-refractivity contribution < 1.29 is 9.47 Å². The van der Waals surface area contributed by atoms with E-state index in [-0.39, 0.29) is 11.7 Å². The second kappa shape index (κ2) is 4.42. The molecule has 0 aromatic carbocycles. The van der Waals surface area contributed by atoms with Gasteiger partial charge in [-0.1, -0.05) is 33.6 Å². The summed E-state index contributed by atoms with van der Waals surface area (Å²) in [6.45, 7) is 8.52. The van der Waals surface area contributed by atoms with E-state index in [4.69, 9.17) is 9.47 Å². The maximum Gasteiger partial charge on any atom is 0.162 e. The lowest BCUT2D eigenvalue weighted by molar-refractivity contribution is -0.254. The fourth-order valence-corrected chi connectivity index (χ4v) is 2.89. The van der Waals surface area contributed by atoms with Gasteiger partial charge in [-0.15, -0.1) is 0 Å². The van der Waals surface area contributed by atoms with E-state index < -0.39 is 0 Å². The SMILES string of the molecule is CC1COC(C(C)(C)C2CCCC2)OC1. The van der Waals surface area contributed by atoms with Crippen molar-refractivity contribution >= 4 is 0 Å². The van der Waals surface area contributed by atoms with E-state index in [2.05, 4.69) is 20.8 Å². The summed E-state index contributed by atoms with van der Waals surface area (Å²) in [5.74, 6) is 1.34. The summed E-state index contributed by atoms with van der Waals surface area (Å²) in [5.41, 5.74) is 0.191. The standard InChI is InChI=1S/C13H24O2/c1-10-8-14-12(15-9-10)13(2,3)11-6-4-5-7-11/h10-12H,4-9H2,1-3H3. The first-order valence-corrected chi connectivity index (χ1v) is 6.34. The van der Waals surface area contributed by atoms with Crippen molar-refractivity contribution in [2.45, 2.75) is 52.7 Å². The van der Waals surface area contributed by atoms with Crippen LogP contribution in [0.4, 0.5) is 0 Å². The monoisotopic (exact) mass is 212 g/mol.